The van der Waals surface area contributed by atoms with E-state index in [1.165, 1.54) is 12.0 Å². The number of ether oxygens (including phenoxy) is 3. The molecule has 0 aromatic heterocycles. The summed E-state index contributed by atoms with van der Waals surface area (Å²) >= 11 is 0. The Bertz CT molecular complexity index is 188. The molecule has 0 heterocycles. The van der Waals surface area contributed by atoms with Crippen molar-refractivity contribution in [1.29, 1.82) is 0 Å². The zero-order valence-electron chi connectivity index (χ0n) is 10.1. The number of rotatable bonds is 9. The van der Waals surface area contributed by atoms with Gasteiger partial charge < -0.3 is 24.2 Å². The lowest BCUT2D eigenvalue weighted by Crippen LogP contribution is -2.38. The first-order valence-electron chi connectivity index (χ1n) is 5.09. The standard InChI is InChI=1S/C10H21NO5/c1-11(6-9(12)7-15-3)10(13)8-16-5-4-14-2/h9,12H,4-8H2,1-3H3. The van der Waals surface area contributed by atoms with Crippen molar-refractivity contribution in [3.63, 3.8) is 0 Å². The number of aliphatic hydroxyl groups is 1. The van der Waals surface area contributed by atoms with E-state index < -0.39 is 6.10 Å². The summed E-state index contributed by atoms with van der Waals surface area (Å²) in [5, 5.41) is 9.40. The van der Waals surface area contributed by atoms with Gasteiger partial charge in [0.15, 0.2) is 0 Å². The van der Waals surface area contributed by atoms with Crippen molar-refractivity contribution in [3.05, 3.63) is 0 Å². The van der Waals surface area contributed by atoms with Crippen LogP contribution in [0.4, 0.5) is 0 Å². The lowest BCUT2D eigenvalue weighted by atomic mass is 10.3. The molecule has 0 saturated carbocycles. The highest BCUT2D eigenvalue weighted by Crippen LogP contribution is 1.92. The minimum absolute atomic E-state index is 0.000434. The Morgan fingerprint density at radius 2 is 2.00 bits per heavy atom. The maximum Gasteiger partial charge on any atom is 0.248 e. The van der Waals surface area contributed by atoms with Gasteiger partial charge in [0.25, 0.3) is 0 Å². The minimum Gasteiger partial charge on any atom is -0.389 e. The van der Waals surface area contributed by atoms with Crippen molar-refractivity contribution in [2.45, 2.75) is 6.10 Å². The molecule has 0 aliphatic heterocycles. The summed E-state index contributed by atoms with van der Waals surface area (Å²) in [7, 11) is 4.68. The van der Waals surface area contributed by atoms with Crippen LogP contribution in [0.25, 0.3) is 0 Å². The third-order valence-electron chi connectivity index (χ3n) is 1.93. The van der Waals surface area contributed by atoms with Gasteiger partial charge in [-0.2, -0.15) is 0 Å². The van der Waals surface area contributed by atoms with E-state index >= 15 is 0 Å². The van der Waals surface area contributed by atoms with Crippen molar-refractivity contribution in [1.82, 2.24) is 4.90 Å². The van der Waals surface area contributed by atoms with Gasteiger partial charge in [-0.3, -0.25) is 4.79 Å². The topological polar surface area (TPSA) is 68.2 Å². The second-order valence-corrected chi connectivity index (χ2v) is 3.43. The first-order valence-corrected chi connectivity index (χ1v) is 5.09. The molecule has 0 aromatic rings. The van der Waals surface area contributed by atoms with E-state index in [9.17, 15) is 9.90 Å². The van der Waals surface area contributed by atoms with Crippen LogP contribution in [-0.2, 0) is 19.0 Å². The summed E-state index contributed by atoms with van der Waals surface area (Å²) < 4.78 is 14.6. The number of amides is 1. The molecule has 0 fully saturated rings. The van der Waals surface area contributed by atoms with Gasteiger partial charge in [0.1, 0.15) is 6.61 Å². The lowest BCUT2D eigenvalue weighted by Gasteiger charge is -2.20. The highest BCUT2D eigenvalue weighted by Gasteiger charge is 2.13. The van der Waals surface area contributed by atoms with Crippen molar-refractivity contribution < 1.29 is 24.1 Å². The van der Waals surface area contributed by atoms with Crippen LogP contribution >= 0.6 is 0 Å². The van der Waals surface area contributed by atoms with Crippen LogP contribution < -0.4 is 0 Å². The summed E-state index contributed by atoms with van der Waals surface area (Å²) in [5.74, 6) is -0.175. The van der Waals surface area contributed by atoms with Crippen LogP contribution in [0.5, 0.6) is 0 Å². The molecular formula is C10H21NO5. The van der Waals surface area contributed by atoms with E-state index in [4.69, 9.17) is 14.2 Å². The molecule has 1 unspecified atom stereocenters. The van der Waals surface area contributed by atoms with Gasteiger partial charge in [-0.15, -0.1) is 0 Å². The molecule has 0 aliphatic rings. The fourth-order valence-electron chi connectivity index (χ4n) is 1.07. The summed E-state index contributed by atoms with van der Waals surface area (Å²) in [5.41, 5.74) is 0. The number of nitrogens with zero attached hydrogens (tertiary/aromatic N) is 1. The zero-order chi connectivity index (χ0) is 12.4. The maximum absolute atomic E-state index is 11.5. The molecule has 96 valence electrons. The summed E-state index contributed by atoms with van der Waals surface area (Å²) in [6.07, 6.45) is -0.669. The van der Waals surface area contributed by atoms with Gasteiger partial charge in [0, 0.05) is 27.8 Å². The minimum atomic E-state index is -0.669. The molecule has 0 rings (SSSR count). The van der Waals surface area contributed by atoms with Gasteiger partial charge in [-0.05, 0) is 0 Å². The first-order chi connectivity index (χ1) is 7.61. The smallest absolute Gasteiger partial charge is 0.248 e. The van der Waals surface area contributed by atoms with Crippen LogP contribution in [0.15, 0.2) is 0 Å². The molecule has 6 heteroatoms. The predicted molar refractivity (Wildman–Crippen MR) is 58.2 cm³/mol. The number of hydrogen-bond acceptors (Lipinski definition) is 5. The molecule has 0 aliphatic carbocycles. The van der Waals surface area contributed by atoms with Crippen LogP contribution in [0.3, 0.4) is 0 Å². The Balaban J connectivity index is 3.64. The molecule has 1 amide bonds. The van der Waals surface area contributed by atoms with E-state index in [0.29, 0.717) is 13.2 Å². The second kappa shape index (κ2) is 9.53. The van der Waals surface area contributed by atoms with E-state index in [0.717, 1.165) is 0 Å². The van der Waals surface area contributed by atoms with Gasteiger partial charge in [-0.1, -0.05) is 0 Å². The Morgan fingerprint density at radius 3 is 2.56 bits per heavy atom. The summed E-state index contributed by atoms with van der Waals surface area (Å²) in [6, 6.07) is 0. The Kier molecular flexibility index (Phi) is 9.12. The molecule has 1 N–H and O–H groups in total. The average molecular weight is 235 g/mol. The quantitative estimate of drug-likeness (QED) is 0.525. The highest BCUT2D eigenvalue weighted by atomic mass is 16.5. The largest absolute Gasteiger partial charge is 0.389 e. The molecule has 0 aromatic carbocycles. The van der Waals surface area contributed by atoms with Crippen LogP contribution in [0.2, 0.25) is 0 Å². The lowest BCUT2D eigenvalue weighted by molar-refractivity contribution is -0.136. The predicted octanol–water partition coefficient (Wildman–Crippen LogP) is -0.885. The van der Waals surface area contributed by atoms with E-state index in [2.05, 4.69) is 0 Å². The summed E-state index contributed by atoms with van der Waals surface area (Å²) in [4.78, 5) is 12.9. The number of likely N-dealkylation sites (N-methyl/N-ethyl adjacent to an activating group) is 1. The normalized spacial score (nSPS) is 12.5. The van der Waals surface area contributed by atoms with Crippen LogP contribution in [0, 0.1) is 0 Å². The fraction of sp³-hybridized carbons (Fsp3) is 0.900. The van der Waals surface area contributed by atoms with Crippen molar-refractivity contribution in [3.8, 4) is 0 Å². The molecule has 1 atom stereocenters. The van der Waals surface area contributed by atoms with Gasteiger partial charge >= 0.3 is 0 Å². The molecule has 16 heavy (non-hydrogen) atoms. The number of hydrogen-bond donors (Lipinski definition) is 1. The SMILES string of the molecule is COCCOCC(=O)N(C)CC(O)COC. The number of methoxy groups -OCH3 is 2. The zero-order valence-corrected chi connectivity index (χ0v) is 10.1. The Morgan fingerprint density at radius 1 is 1.31 bits per heavy atom. The van der Waals surface area contributed by atoms with E-state index in [-0.39, 0.29) is 25.7 Å². The molecule has 0 spiro atoms. The molecule has 0 radical (unpaired) electrons. The average Bonchev–Trinajstić information content (AvgIpc) is 2.24. The van der Waals surface area contributed by atoms with Crippen molar-refractivity contribution in [2.75, 3.05) is 54.2 Å². The number of carbonyl (C=O) groups excluding carboxylic acids is 1. The first kappa shape index (κ1) is 15.3. The van der Waals surface area contributed by atoms with Gasteiger partial charge in [0.2, 0.25) is 5.91 Å². The van der Waals surface area contributed by atoms with Gasteiger partial charge in [0.05, 0.1) is 25.9 Å². The summed E-state index contributed by atoms with van der Waals surface area (Å²) in [6.45, 7) is 1.29. The Hall–Kier alpha value is -0.690. The number of carbonyl (C=O) groups is 1. The van der Waals surface area contributed by atoms with Crippen LogP contribution in [0.1, 0.15) is 0 Å². The Labute approximate surface area is 96.1 Å². The van der Waals surface area contributed by atoms with Crippen molar-refractivity contribution >= 4 is 5.91 Å². The van der Waals surface area contributed by atoms with E-state index in [1.807, 2.05) is 0 Å². The van der Waals surface area contributed by atoms with E-state index in [1.54, 1.807) is 14.2 Å². The molecule has 0 bridgehead atoms. The third-order valence-corrected chi connectivity index (χ3v) is 1.93. The fourth-order valence-corrected chi connectivity index (χ4v) is 1.07. The third kappa shape index (κ3) is 7.58. The maximum atomic E-state index is 11.5. The molecule has 0 saturated heterocycles. The second-order valence-electron chi connectivity index (χ2n) is 3.43. The van der Waals surface area contributed by atoms with Crippen LogP contribution in [-0.4, -0.2) is 76.3 Å². The monoisotopic (exact) mass is 235 g/mol. The molecular weight excluding hydrogens is 214 g/mol. The van der Waals surface area contributed by atoms with Crippen molar-refractivity contribution in [2.24, 2.45) is 0 Å². The van der Waals surface area contributed by atoms with Gasteiger partial charge in [-0.25, -0.2) is 0 Å². The molecule has 6 nitrogen and oxygen atoms in total. The highest BCUT2D eigenvalue weighted by molar-refractivity contribution is 5.77. The number of aliphatic hydroxyl groups excluding tert-OH is 1.